The second-order valence-corrected chi connectivity index (χ2v) is 7.33. The fourth-order valence-corrected chi connectivity index (χ4v) is 3.39. The number of aliphatic hydroxyl groups is 1. The maximum atomic E-state index is 12.0. The Hall–Kier alpha value is -2.51. The molecule has 27 heavy (non-hydrogen) atoms. The molecule has 3 N–H and O–H groups in total. The molecule has 7 nitrogen and oxygen atoms in total. The van der Waals surface area contributed by atoms with Gasteiger partial charge in [-0.15, -0.1) is 0 Å². The predicted octanol–water partition coefficient (Wildman–Crippen LogP) is 3.08. The van der Waals surface area contributed by atoms with Gasteiger partial charge in [-0.3, -0.25) is 4.79 Å². The Morgan fingerprint density at radius 1 is 1.41 bits per heavy atom. The number of benzene rings is 1. The first-order valence-electron chi connectivity index (χ1n) is 8.80. The molecule has 0 bridgehead atoms. The number of aromatic amines is 1. The second kappa shape index (κ2) is 7.25. The first-order valence-corrected chi connectivity index (χ1v) is 9.17. The van der Waals surface area contributed by atoms with Crippen molar-refractivity contribution >= 4 is 28.4 Å². The Morgan fingerprint density at radius 3 is 2.93 bits per heavy atom. The minimum atomic E-state index is -0.338. The topological polar surface area (TPSA) is 100 Å². The van der Waals surface area contributed by atoms with E-state index in [-0.39, 0.29) is 24.5 Å². The minimum Gasteiger partial charge on any atom is -0.484 e. The molecule has 0 atom stereocenters. The van der Waals surface area contributed by atoms with Gasteiger partial charge in [-0.2, -0.15) is 0 Å². The van der Waals surface area contributed by atoms with Crippen molar-refractivity contribution in [1.82, 2.24) is 15.5 Å². The molecular formula is C19H20ClN3O4. The van der Waals surface area contributed by atoms with Crippen molar-refractivity contribution in [2.45, 2.75) is 39.0 Å². The number of H-pyrrole nitrogens is 1. The molecule has 8 heteroatoms. The first kappa shape index (κ1) is 17.9. The third-order valence-corrected chi connectivity index (χ3v) is 5.01. The largest absolute Gasteiger partial charge is 0.484 e. The van der Waals surface area contributed by atoms with Crippen molar-refractivity contribution in [3.8, 4) is 5.75 Å². The number of nitrogens with zero attached hydrogens (tertiary/aromatic N) is 1. The maximum absolute atomic E-state index is 12.0. The lowest BCUT2D eigenvalue weighted by Crippen LogP contribution is -2.40. The molecule has 1 aliphatic carbocycles. The van der Waals surface area contributed by atoms with Crippen molar-refractivity contribution in [3.05, 3.63) is 46.4 Å². The van der Waals surface area contributed by atoms with Gasteiger partial charge in [-0.05, 0) is 31.9 Å². The van der Waals surface area contributed by atoms with Gasteiger partial charge in [0, 0.05) is 34.6 Å². The molecule has 0 saturated heterocycles. The number of aryl methyl sites for hydroxylation is 1. The summed E-state index contributed by atoms with van der Waals surface area (Å²) in [4.78, 5) is 15.3. The zero-order chi connectivity index (χ0) is 19.0. The summed E-state index contributed by atoms with van der Waals surface area (Å²) in [5, 5.41) is 17.5. The molecule has 0 unspecified atom stereocenters. The Labute approximate surface area is 160 Å². The van der Waals surface area contributed by atoms with Crippen LogP contribution in [0.1, 0.15) is 30.0 Å². The van der Waals surface area contributed by atoms with Crippen molar-refractivity contribution in [2.75, 3.05) is 0 Å². The molecule has 4 rings (SSSR count). The fraction of sp³-hybridized carbons (Fsp3) is 0.368. The smallest absolute Gasteiger partial charge is 0.223 e. The predicted molar refractivity (Wildman–Crippen MR) is 99.5 cm³/mol. The van der Waals surface area contributed by atoms with E-state index in [9.17, 15) is 9.90 Å². The molecule has 0 radical (unpaired) electrons. The number of aliphatic hydroxyl groups excluding tert-OH is 1. The van der Waals surface area contributed by atoms with Gasteiger partial charge in [0.2, 0.25) is 5.91 Å². The van der Waals surface area contributed by atoms with Crippen LogP contribution in [-0.2, 0) is 17.9 Å². The molecule has 1 amide bonds. The molecule has 0 spiro atoms. The Morgan fingerprint density at radius 2 is 2.22 bits per heavy atom. The Bertz CT molecular complexity index is 975. The number of aromatic nitrogens is 2. The van der Waals surface area contributed by atoms with Gasteiger partial charge in [0.1, 0.15) is 12.4 Å². The Kier molecular flexibility index (Phi) is 4.80. The SMILES string of the molecule is Cc1cc(COc2cc3[nH]c(CNC(=O)[C@H]4C[C@@H](O)C4)cc3cc2Cl)on1. The Balaban J connectivity index is 1.41. The monoisotopic (exact) mass is 389 g/mol. The van der Waals surface area contributed by atoms with E-state index in [0.717, 1.165) is 22.3 Å². The molecule has 1 fully saturated rings. The molecule has 1 saturated carbocycles. The summed E-state index contributed by atoms with van der Waals surface area (Å²) >= 11 is 6.31. The van der Waals surface area contributed by atoms with E-state index < -0.39 is 0 Å². The summed E-state index contributed by atoms with van der Waals surface area (Å²) in [5.74, 6) is 1.06. The van der Waals surface area contributed by atoms with E-state index in [1.807, 2.05) is 31.2 Å². The summed E-state index contributed by atoms with van der Waals surface area (Å²) < 4.78 is 10.9. The molecule has 142 valence electrons. The van der Waals surface area contributed by atoms with Gasteiger partial charge < -0.3 is 24.7 Å². The quantitative estimate of drug-likeness (QED) is 0.601. The highest BCUT2D eigenvalue weighted by Crippen LogP contribution is 2.31. The van der Waals surface area contributed by atoms with Crippen LogP contribution in [0.2, 0.25) is 5.02 Å². The number of carbonyl (C=O) groups is 1. The van der Waals surface area contributed by atoms with Gasteiger partial charge in [-0.1, -0.05) is 16.8 Å². The van der Waals surface area contributed by atoms with Crippen molar-refractivity contribution < 1.29 is 19.2 Å². The number of nitrogens with one attached hydrogen (secondary N) is 2. The number of halogens is 1. The van der Waals surface area contributed by atoms with E-state index >= 15 is 0 Å². The summed E-state index contributed by atoms with van der Waals surface area (Å²) in [6, 6.07) is 7.40. The van der Waals surface area contributed by atoms with Gasteiger partial charge >= 0.3 is 0 Å². The summed E-state index contributed by atoms with van der Waals surface area (Å²) in [5.41, 5.74) is 2.53. The van der Waals surface area contributed by atoms with Crippen LogP contribution in [0.5, 0.6) is 5.75 Å². The lowest BCUT2D eigenvalue weighted by Gasteiger charge is -2.29. The van der Waals surface area contributed by atoms with Crippen LogP contribution in [0.3, 0.4) is 0 Å². The van der Waals surface area contributed by atoms with Gasteiger partial charge in [0.15, 0.2) is 5.76 Å². The van der Waals surface area contributed by atoms with Crippen molar-refractivity contribution in [2.24, 2.45) is 5.92 Å². The molecule has 1 aromatic carbocycles. The summed E-state index contributed by atoms with van der Waals surface area (Å²) in [6.45, 7) is 2.48. The van der Waals surface area contributed by atoms with Crippen LogP contribution in [0, 0.1) is 12.8 Å². The van der Waals surface area contributed by atoms with Gasteiger partial charge in [0.05, 0.1) is 23.4 Å². The standard InChI is InChI=1S/C19H20ClN3O4/c1-10-2-15(27-23-10)9-26-18-7-17-11(6-16(18)20)3-13(22-17)8-21-19(25)12-4-14(24)5-12/h2-3,6-7,12,14,22,24H,4-5,8-9H2,1H3,(H,21,25)/t12-,14+. The molecule has 0 aliphatic heterocycles. The summed E-state index contributed by atoms with van der Waals surface area (Å²) in [6.07, 6.45) is 0.745. The molecule has 2 aromatic heterocycles. The van der Waals surface area contributed by atoms with Crippen LogP contribution in [-0.4, -0.2) is 27.3 Å². The van der Waals surface area contributed by atoms with E-state index in [2.05, 4.69) is 15.5 Å². The third-order valence-electron chi connectivity index (χ3n) is 4.71. The van der Waals surface area contributed by atoms with E-state index in [4.69, 9.17) is 20.9 Å². The van der Waals surface area contributed by atoms with Gasteiger partial charge in [0.25, 0.3) is 0 Å². The van der Waals surface area contributed by atoms with Gasteiger partial charge in [-0.25, -0.2) is 0 Å². The number of carbonyl (C=O) groups excluding carboxylic acids is 1. The number of ether oxygens (including phenoxy) is 1. The normalized spacial score (nSPS) is 19.1. The van der Waals surface area contributed by atoms with Crippen molar-refractivity contribution in [3.63, 3.8) is 0 Å². The lowest BCUT2D eigenvalue weighted by molar-refractivity contribution is -0.131. The fourth-order valence-electron chi connectivity index (χ4n) is 3.16. The van der Waals surface area contributed by atoms with E-state index in [0.29, 0.717) is 35.9 Å². The third kappa shape index (κ3) is 3.94. The van der Waals surface area contributed by atoms with Crippen LogP contribution in [0.4, 0.5) is 0 Å². The maximum Gasteiger partial charge on any atom is 0.223 e. The van der Waals surface area contributed by atoms with Crippen LogP contribution < -0.4 is 10.1 Å². The van der Waals surface area contributed by atoms with Crippen LogP contribution in [0.15, 0.2) is 28.8 Å². The average molecular weight is 390 g/mol. The molecular weight excluding hydrogens is 370 g/mol. The number of hydrogen-bond acceptors (Lipinski definition) is 5. The lowest BCUT2D eigenvalue weighted by atomic mass is 9.82. The zero-order valence-electron chi connectivity index (χ0n) is 14.8. The zero-order valence-corrected chi connectivity index (χ0v) is 15.5. The van der Waals surface area contributed by atoms with E-state index in [1.54, 1.807) is 0 Å². The number of rotatable bonds is 6. The van der Waals surface area contributed by atoms with Crippen LogP contribution >= 0.6 is 11.6 Å². The molecule has 3 aromatic rings. The van der Waals surface area contributed by atoms with E-state index in [1.165, 1.54) is 0 Å². The van der Waals surface area contributed by atoms with Crippen molar-refractivity contribution in [1.29, 1.82) is 0 Å². The highest BCUT2D eigenvalue weighted by atomic mass is 35.5. The highest BCUT2D eigenvalue weighted by Gasteiger charge is 2.32. The van der Waals surface area contributed by atoms with Crippen LogP contribution in [0.25, 0.3) is 10.9 Å². The minimum absolute atomic E-state index is 0.0247. The summed E-state index contributed by atoms with van der Waals surface area (Å²) in [7, 11) is 0. The number of hydrogen-bond donors (Lipinski definition) is 3. The molecule has 1 aliphatic rings. The first-order chi connectivity index (χ1) is 13.0. The highest BCUT2D eigenvalue weighted by molar-refractivity contribution is 6.32. The average Bonchev–Trinajstić information content (AvgIpc) is 3.20. The molecule has 2 heterocycles. The number of fused-ring (bicyclic) bond motifs is 1. The number of amides is 1. The second-order valence-electron chi connectivity index (χ2n) is 6.93.